The molecule has 0 amide bonds. The molecule has 2 atom stereocenters. The molecule has 1 aliphatic rings. The van der Waals surface area contributed by atoms with E-state index >= 15 is 0 Å². The van der Waals surface area contributed by atoms with E-state index in [1.807, 2.05) is 36.4 Å². The van der Waals surface area contributed by atoms with Crippen LogP contribution in [0.1, 0.15) is 22.6 Å². The Labute approximate surface area is 160 Å². The second-order valence-electron chi connectivity index (χ2n) is 6.40. The molecule has 2 N–H and O–H groups in total. The topological polar surface area (TPSA) is 87.2 Å². The highest BCUT2D eigenvalue weighted by atomic mass is 35.5. The van der Waals surface area contributed by atoms with Gasteiger partial charge in [-0.2, -0.15) is 5.26 Å². The molecular weight excluding hydrogens is 370 g/mol. The van der Waals surface area contributed by atoms with Crippen LogP contribution in [0.15, 0.2) is 54.6 Å². The van der Waals surface area contributed by atoms with Crippen molar-refractivity contribution in [2.24, 2.45) is 11.7 Å². The zero-order chi connectivity index (χ0) is 17.9. The van der Waals surface area contributed by atoms with Gasteiger partial charge in [-0.25, -0.2) is 12.7 Å². The molecular formula is C19H22ClN3O2S. The van der Waals surface area contributed by atoms with E-state index in [-0.39, 0.29) is 30.0 Å². The third kappa shape index (κ3) is 4.43. The number of nitriles is 1. The van der Waals surface area contributed by atoms with Crippen molar-refractivity contribution in [2.75, 3.05) is 19.6 Å². The smallest absolute Gasteiger partial charge is 0.218 e. The highest BCUT2D eigenvalue weighted by molar-refractivity contribution is 7.88. The lowest BCUT2D eigenvalue weighted by Gasteiger charge is -2.17. The van der Waals surface area contributed by atoms with Crippen LogP contribution in [-0.4, -0.2) is 32.4 Å². The van der Waals surface area contributed by atoms with Crippen molar-refractivity contribution in [2.45, 2.75) is 11.7 Å². The van der Waals surface area contributed by atoms with Crippen LogP contribution in [-0.2, 0) is 15.8 Å². The molecule has 2 aromatic carbocycles. The maximum Gasteiger partial charge on any atom is 0.218 e. The van der Waals surface area contributed by atoms with E-state index in [0.717, 1.165) is 5.56 Å². The van der Waals surface area contributed by atoms with Crippen LogP contribution in [0.25, 0.3) is 0 Å². The lowest BCUT2D eigenvalue weighted by atomic mass is 9.89. The average molecular weight is 392 g/mol. The standard InChI is InChI=1S/C19H21N3O2S.ClH/c20-10-15-5-4-6-16(9-15)14-25(23,24)22-12-18(11-21)19(13-22)17-7-2-1-3-8-17;/h1-9,18-19H,11-14,21H2;1H/t18-,19+;/m1./s1. The van der Waals surface area contributed by atoms with Gasteiger partial charge in [0.2, 0.25) is 10.0 Å². The van der Waals surface area contributed by atoms with Gasteiger partial charge in [-0.1, -0.05) is 42.5 Å². The summed E-state index contributed by atoms with van der Waals surface area (Å²) in [6, 6.07) is 18.7. The van der Waals surface area contributed by atoms with Gasteiger partial charge in [-0.05, 0) is 35.7 Å². The van der Waals surface area contributed by atoms with Crippen LogP contribution in [0.3, 0.4) is 0 Å². The lowest BCUT2D eigenvalue weighted by Crippen LogP contribution is -2.31. The van der Waals surface area contributed by atoms with Crippen LogP contribution in [0.2, 0.25) is 0 Å². The molecule has 138 valence electrons. The summed E-state index contributed by atoms with van der Waals surface area (Å²) < 4.78 is 27.2. The van der Waals surface area contributed by atoms with Crippen molar-refractivity contribution in [3.8, 4) is 6.07 Å². The number of nitrogens with zero attached hydrogens (tertiary/aromatic N) is 2. The third-order valence-corrected chi connectivity index (χ3v) is 6.52. The second kappa shape index (κ2) is 8.65. The SMILES string of the molecule is Cl.N#Cc1cccc(CS(=O)(=O)N2C[C@@H](CN)[C@H](c3ccccc3)C2)c1. The van der Waals surface area contributed by atoms with Gasteiger partial charge in [0, 0.05) is 19.0 Å². The fraction of sp³-hybridized carbons (Fsp3) is 0.316. The molecule has 0 unspecified atom stereocenters. The Bertz CT molecular complexity index is 881. The van der Waals surface area contributed by atoms with Gasteiger partial charge < -0.3 is 5.73 Å². The minimum absolute atomic E-state index is 0. The van der Waals surface area contributed by atoms with E-state index in [1.54, 1.807) is 28.6 Å². The zero-order valence-corrected chi connectivity index (χ0v) is 15.9. The van der Waals surface area contributed by atoms with Crippen molar-refractivity contribution >= 4 is 22.4 Å². The molecule has 5 nitrogen and oxygen atoms in total. The minimum Gasteiger partial charge on any atom is -0.330 e. The Morgan fingerprint density at radius 2 is 1.85 bits per heavy atom. The molecule has 1 heterocycles. The molecule has 0 aliphatic carbocycles. The number of nitrogens with two attached hydrogens (primary N) is 1. The summed E-state index contributed by atoms with van der Waals surface area (Å²) in [4.78, 5) is 0. The van der Waals surface area contributed by atoms with Gasteiger partial charge in [0.1, 0.15) is 0 Å². The molecule has 1 saturated heterocycles. The number of benzene rings is 2. The number of hydrogen-bond acceptors (Lipinski definition) is 4. The van der Waals surface area contributed by atoms with E-state index in [1.165, 1.54) is 0 Å². The highest BCUT2D eigenvalue weighted by Crippen LogP contribution is 2.34. The van der Waals surface area contributed by atoms with Crippen LogP contribution in [0, 0.1) is 17.2 Å². The fourth-order valence-corrected chi connectivity index (χ4v) is 5.00. The molecule has 7 heteroatoms. The Hall–Kier alpha value is -1.91. The Kier molecular flexibility index (Phi) is 6.79. The van der Waals surface area contributed by atoms with Crippen molar-refractivity contribution in [3.63, 3.8) is 0 Å². The predicted octanol–water partition coefficient (Wildman–Crippen LogP) is 2.48. The summed E-state index contributed by atoms with van der Waals surface area (Å²) in [7, 11) is -3.45. The second-order valence-corrected chi connectivity index (χ2v) is 8.37. The quantitative estimate of drug-likeness (QED) is 0.848. The van der Waals surface area contributed by atoms with Crippen LogP contribution < -0.4 is 5.73 Å². The summed E-state index contributed by atoms with van der Waals surface area (Å²) in [6.07, 6.45) is 0. The fourth-order valence-electron chi connectivity index (χ4n) is 3.41. The summed E-state index contributed by atoms with van der Waals surface area (Å²) in [5, 5.41) is 8.98. The monoisotopic (exact) mass is 391 g/mol. The Balaban J connectivity index is 0.00000243. The molecule has 3 rings (SSSR count). The van der Waals surface area contributed by atoms with Gasteiger partial charge in [0.15, 0.2) is 0 Å². The van der Waals surface area contributed by atoms with Crippen molar-refractivity contribution in [3.05, 3.63) is 71.3 Å². The number of halogens is 1. The Morgan fingerprint density at radius 1 is 1.12 bits per heavy atom. The first-order valence-corrected chi connectivity index (χ1v) is 9.86. The lowest BCUT2D eigenvalue weighted by molar-refractivity contribution is 0.458. The maximum absolute atomic E-state index is 12.8. The minimum atomic E-state index is -3.45. The molecule has 0 bridgehead atoms. The third-order valence-electron chi connectivity index (χ3n) is 4.74. The normalized spacial score (nSPS) is 20.3. The van der Waals surface area contributed by atoms with E-state index in [2.05, 4.69) is 0 Å². The van der Waals surface area contributed by atoms with Crippen LogP contribution in [0.4, 0.5) is 0 Å². The summed E-state index contributed by atoms with van der Waals surface area (Å²) in [5.41, 5.74) is 8.13. The van der Waals surface area contributed by atoms with Gasteiger partial charge in [-0.3, -0.25) is 0 Å². The van der Waals surface area contributed by atoms with Gasteiger partial charge in [-0.15, -0.1) is 12.4 Å². The molecule has 26 heavy (non-hydrogen) atoms. The molecule has 0 spiro atoms. The first-order valence-electron chi connectivity index (χ1n) is 8.25. The van der Waals surface area contributed by atoms with E-state index < -0.39 is 10.0 Å². The largest absolute Gasteiger partial charge is 0.330 e. The summed E-state index contributed by atoms with van der Waals surface area (Å²) in [5.74, 6) is 0.135. The molecule has 1 aliphatic heterocycles. The number of sulfonamides is 1. The van der Waals surface area contributed by atoms with E-state index in [9.17, 15) is 8.42 Å². The maximum atomic E-state index is 12.8. The molecule has 0 aromatic heterocycles. The molecule has 1 fully saturated rings. The molecule has 2 aromatic rings. The molecule has 0 saturated carbocycles. The Morgan fingerprint density at radius 3 is 2.50 bits per heavy atom. The van der Waals surface area contributed by atoms with E-state index in [4.69, 9.17) is 11.0 Å². The first kappa shape index (κ1) is 20.4. The highest BCUT2D eigenvalue weighted by Gasteiger charge is 2.38. The predicted molar refractivity (Wildman–Crippen MR) is 104 cm³/mol. The molecule has 0 radical (unpaired) electrons. The summed E-state index contributed by atoms with van der Waals surface area (Å²) >= 11 is 0. The number of hydrogen-bond donors (Lipinski definition) is 1. The van der Waals surface area contributed by atoms with Crippen LogP contribution >= 0.6 is 12.4 Å². The average Bonchev–Trinajstić information content (AvgIpc) is 3.07. The van der Waals surface area contributed by atoms with Crippen molar-refractivity contribution < 1.29 is 8.42 Å². The van der Waals surface area contributed by atoms with Gasteiger partial charge in [0.25, 0.3) is 0 Å². The zero-order valence-electron chi connectivity index (χ0n) is 14.3. The van der Waals surface area contributed by atoms with Crippen molar-refractivity contribution in [1.82, 2.24) is 4.31 Å². The van der Waals surface area contributed by atoms with Crippen LogP contribution in [0.5, 0.6) is 0 Å². The van der Waals surface area contributed by atoms with Crippen molar-refractivity contribution in [1.29, 1.82) is 5.26 Å². The summed E-state index contributed by atoms with van der Waals surface area (Å²) in [6.45, 7) is 1.35. The first-order chi connectivity index (χ1) is 12.0. The van der Waals surface area contributed by atoms with Gasteiger partial charge in [0.05, 0.1) is 17.4 Å². The van der Waals surface area contributed by atoms with Gasteiger partial charge >= 0.3 is 0 Å². The number of rotatable bonds is 5. The van der Waals surface area contributed by atoms with E-state index in [0.29, 0.717) is 30.8 Å².